The van der Waals surface area contributed by atoms with Gasteiger partial charge in [-0.05, 0) is 19.3 Å². The first-order valence-corrected chi connectivity index (χ1v) is 8.71. The van der Waals surface area contributed by atoms with Gasteiger partial charge in [-0.2, -0.15) is 0 Å². The number of allylic oxidation sites excluding steroid dienone is 1. The van der Waals surface area contributed by atoms with Crippen molar-refractivity contribution in [1.29, 1.82) is 0 Å². The lowest BCUT2D eigenvalue weighted by atomic mass is 10.0. The smallest absolute Gasteiger partial charge is 0.307 e. The van der Waals surface area contributed by atoms with E-state index in [0.29, 0.717) is 6.42 Å². The highest BCUT2D eigenvalue weighted by molar-refractivity contribution is 5.68. The number of hydrogen-bond acceptors (Lipinski definition) is 2. The van der Waals surface area contributed by atoms with Crippen molar-refractivity contribution in [2.75, 3.05) is 0 Å². The molecular formula is C18H32O4. The van der Waals surface area contributed by atoms with E-state index in [4.69, 9.17) is 10.2 Å². The van der Waals surface area contributed by atoms with Crippen molar-refractivity contribution in [1.82, 2.24) is 0 Å². The summed E-state index contributed by atoms with van der Waals surface area (Å²) in [6.45, 7) is 0. The molecule has 0 aromatic rings. The summed E-state index contributed by atoms with van der Waals surface area (Å²) in [5.74, 6) is -1.45. The van der Waals surface area contributed by atoms with Crippen molar-refractivity contribution in [3.63, 3.8) is 0 Å². The number of unbranched alkanes of at least 4 members (excludes halogenated alkanes) is 11. The van der Waals surface area contributed by atoms with Gasteiger partial charge in [-0.1, -0.05) is 69.9 Å². The lowest BCUT2D eigenvalue weighted by Crippen LogP contribution is -1.93. The molecule has 0 saturated heterocycles. The molecular weight excluding hydrogens is 280 g/mol. The Morgan fingerprint density at radius 2 is 1.05 bits per heavy atom. The second-order valence-corrected chi connectivity index (χ2v) is 5.89. The fourth-order valence-corrected chi connectivity index (χ4v) is 2.43. The van der Waals surface area contributed by atoms with E-state index in [1.165, 1.54) is 44.9 Å². The molecule has 0 saturated carbocycles. The Labute approximate surface area is 134 Å². The maximum absolute atomic E-state index is 10.3. The number of carbonyl (C=O) groups is 2. The summed E-state index contributed by atoms with van der Waals surface area (Å²) in [5.41, 5.74) is 0. The molecule has 0 amide bonds. The SMILES string of the molecule is O=C(O)CC=CCCCCCCCCCCCCCC(=O)O. The third-order valence-corrected chi connectivity index (χ3v) is 3.72. The molecule has 0 bridgehead atoms. The molecule has 22 heavy (non-hydrogen) atoms. The van der Waals surface area contributed by atoms with E-state index in [2.05, 4.69) is 0 Å². The highest BCUT2D eigenvalue weighted by Gasteiger charge is 1.97. The highest BCUT2D eigenvalue weighted by Crippen LogP contribution is 2.12. The molecule has 0 rings (SSSR count). The Balaban J connectivity index is 3.07. The van der Waals surface area contributed by atoms with E-state index < -0.39 is 11.9 Å². The van der Waals surface area contributed by atoms with Crippen LogP contribution in [-0.4, -0.2) is 22.2 Å². The molecule has 4 nitrogen and oxygen atoms in total. The minimum absolute atomic E-state index is 0.135. The average molecular weight is 312 g/mol. The van der Waals surface area contributed by atoms with Gasteiger partial charge in [-0.3, -0.25) is 9.59 Å². The van der Waals surface area contributed by atoms with E-state index in [9.17, 15) is 9.59 Å². The third kappa shape index (κ3) is 18.7. The van der Waals surface area contributed by atoms with Gasteiger partial charge < -0.3 is 10.2 Å². The first-order chi connectivity index (χ1) is 10.6. The molecule has 0 spiro atoms. The van der Waals surface area contributed by atoms with Crippen molar-refractivity contribution >= 4 is 11.9 Å². The van der Waals surface area contributed by atoms with Gasteiger partial charge in [0, 0.05) is 6.42 Å². The zero-order valence-electron chi connectivity index (χ0n) is 13.8. The molecule has 0 aliphatic carbocycles. The maximum Gasteiger partial charge on any atom is 0.307 e. The molecule has 0 heterocycles. The molecule has 0 aromatic heterocycles. The zero-order valence-corrected chi connectivity index (χ0v) is 13.8. The van der Waals surface area contributed by atoms with Crippen molar-refractivity contribution in [2.24, 2.45) is 0 Å². The molecule has 0 aliphatic rings. The number of aliphatic carboxylic acids is 2. The van der Waals surface area contributed by atoms with Gasteiger partial charge in [-0.25, -0.2) is 0 Å². The molecule has 128 valence electrons. The Bertz CT molecular complexity index is 310. The second-order valence-electron chi connectivity index (χ2n) is 5.89. The van der Waals surface area contributed by atoms with Crippen LogP contribution in [0.15, 0.2) is 12.2 Å². The number of carboxylic acids is 2. The van der Waals surface area contributed by atoms with Crippen LogP contribution >= 0.6 is 0 Å². The van der Waals surface area contributed by atoms with Crippen LogP contribution in [0.1, 0.15) is 89.9 Å². The Kier molecular flexibility index (Phi) is 15.1. The van der Waals surface area contributed by atoms with E-state index >= 15 is 0 Å². The lowest BCUT2D eigenvalue weighted by Gasteiger charge is -2.02. The zero-order chi connectivity index (χ0) is 16.5. The highest BCUT2D eigenvalue weighted by atomic mass is 16.4. The van der Waals surface area contributed by atoms with Crippen molar-refractivity contribution in [3.05, 3.63) is 12.2 Å². The lowest BCUT2D eigenvalue weighted by molar-refractivity contribution is -0.137. The molecule has 2 N–H and O–H groups in total. The number of carboxylic acid groups (broad SMARTS) is 2. The second kappa shape index (κ2) is 16.1. The van der Waals surface area contributed by atoms with Gasteiger partial charge in [0.2, 0.25) is 0 Å². The fourth-order valence-electron chi connectivity index (χ4n) is 2.43. The molecule has 4 heteroatoms. The van der Waals surface area contributed by atoms with Crippen molar-refractivity contribution < 1.29 is 19.8 Å². The van der Waals surface area contributed by atoms with E-state index in [0.717, 1.165) is 32.1 Å². The first kappa shape index (κ1) is 20.7. The Morgan fingerprint density at radius 3 is 1.50 bits per heavy atom. The summed E-state index contributed by atoms with van der Waals surface area (Å²) in [5, 5.41) is 17.0. The fraction of sp³-hybridized carbons (Fsp3) is 0.778. The van der Waals surface area contributed by atoms with Gasteiger partial charge >= 0.3 is 11.9 Å². The molecule has 0 aromatic carbocycles. The van der Waals surface area contributed by atoms with Gasteiger partial charge in [0.25, 0.3) is 0 Å². The topological polar surface area (TPSA) is 74.6 Å². The molecule has 0 fully saturated rings. The summed E-state index contributed by atoms with van der Waals surface area (Å²) in [6, 6.07) is 0. The van der Waals surface area contributed by atoms with Crippen molar-refractivity contribution in [2.45, 2.75) is 89.9 Å². The molecule has 0 aliphatic heterocycles. The molecule has 0 atom stereocenters. The largest absolute Gasteiger partial charge is 0.481 e. The Morgan fingerprint density at radius 1 is 0.591 bits per heavy atom. The minimum atomic E-state index is -0.766. The number of rotatable bonds is 16. The van der Waals surface area contributed by atoms with Gasteiger partial charge in [0.05, 0.1) is 6.42 Å². The molecule has 0 unspecified atom stereocenters. The first-order valence-electron chi connectivity index (χ1n) is 8.71. The van der Waals surface area contributed by atoms with E-state index in [1.807, 2.05) is 6.08 Å². The van der Waals surface area contributed by atoms with E-state index in [1.54, 1.807) is 6.08 Å². The average Bonchev–Trinajstić information content (AvgIpc) is 2.46. The quantitative estimate of drug-likeness (QED) is 0.304. The summed E-state index contributed by atoms with van der Waals surface area (Å²) in [7, 11) is 0. The predicted molar refractivity (Wildman–Crippen MR) is 89.0 cm³/mol. The summed E-state index contributed by atoms with van der Waals surface area (Å²) in [6.07, 6.45) is 18.2. The maximum atomic E-state index is 10.3. The van der Waals surface area contributed by atoms with Crippen LogP contribution < -0.4 is 0 Å². The van der Waals surface area contributed by atoms with Gasteiger partial charge in [0.15, 0.2) is 0 Å². The van der Waals surface area contributed by atoms with Gasteiger partial charge in [0.1, 0.15) is 0 Å². The monoisotopic (exact) mass is 312 g/mol. The summed E-state index contributed by atoms with van der Waals surface area (Å²) in [4.78, 5) is 20.6. The predicted octanol–water partition coefficient (Wildman–Crippen LogP) is 5.17. The van der Waals surface area contributed by atoms with Crippen LogP contribution in [-0.2, 0) is 9.59 Å². The minimum Gasteiger partial charge on any atom is -0.481 e. The van der Waals surface area contributed by atoms with Crippen LogP contribution in [0.4, 0.5) is 0 Å². The summed E-state index contributed by atoms with van der Waals surface area (Å²) < 4.78 is 0. The van der Waals surface area contributed by atoms with Crippen LogP contribution in [0, 0.1) is 0 Å². The van der Waals surface area contributed by atoms with Crippen LogP contribution in [0.5, 0.6) is 0 Å². The van der Waals surface area contributed by atoms with Gasteiger partial charge in [-0.15, -0.1) is 0 Å². The van der Waals surface area contributed by atoms with Crippen molar-refractivity contribution in [3.8, 4) is 0 Å². The summed E-state index contributed by atoms with van der Waals surface area (Å²) >= 11 is 0. The standard InChI is InChI=1S/C18H32O4/c19-17(20)15-13-11-9-7-5-3-1-2-4-6-8-10-12-14-16-18(21)22/h11,13H,1-10,12,14-16H2,(H,19,20)(H,21,22). The van der Waals surface area contributed by atoms with Crippen LogP contribution in [0.25, 0.3) is 0 Å². The van der Waals surface area contributed by atoms with Crippen LogP contribution in [0.2, 0.25) is 0 Å². The number of hydrogen-bond donors (Lipinski definition) is 2. The normalized spacial score (nSPS) is 11.1. The van der Waals surface area contributed by atoms with E-state index in [-0.39, 0.29) is 6.42 Å². The van der Waals surface area contributed by atoms with Crippen LogP contribution in [0.3, 0.4) is 0 Å². The Hall–Kier alpha value is -1.32. The third-order valence-electron chi connectivity index (χ3n) is 3.72. The molecule has 0 radical (unpaired) electrons.